The predicted molar refractivity (Wildman–Crippen MR) is 492 cm³/mol. The Balaban J connectivity index is 0.990. The molecule has 0 aliphatic carbocycles. The summed E-state index contributed by atoms with van der Waals surface area (Å²) in [5.41, 5.74) is 20.7. The van der Waals surface area contributed by atoms with Crippen molar-refractivity contribution in [1.29, 1.82) is 0 Å². The lowest BCUT2D eigenvalue weighted by atomic mass is 9.84. The third-order valence-electron chi connectivity index (χ3n) is 25.0. The number of phenols is 3. The fourth-order valence-corrected chi connectivity index (χ4v) is 17.9. The number of nitrogens with one attached hydrogen (secondary N) is 7. The highest BCUT2D eigenvalue weighted by Crippen LogP contribution is 2.51. The molecular weight excluding hydrogens is 1880 g/mol. The van der Waals surface area contributed by atoms with Crippen LogP contribution in [-0.2, 0) is 82.9 Å². The lowest BCUT2D eigenvalue weighted by molar-refractivity contribution is -0.334. The first kappa shape index (κ1) is 104. The second kappa shape index (κ2) is 44.3. The molecule has 0 radical (unpaired) electrons. The number of carbonyl (C=O) groups is 10. The second-order valence-corrected chi connectivity index (χ2v) is 37.1. The topological polar surface area (TPSA) is 657 Å². The van der Waals surface area contributed by atoms with Gasteiger partial charge >= 0.3 is 18.0 Å². The number of phenolic OH excluding ortho intramolecular Hbond substituents is 3. The molecular formula is C94H111Cl3N12O30. The van der Waals surface area contributed by atoms with Crippen molar-refractivity contribution in [1.82, 2.24) is 42.1 Å². The van der Waals surface area contributed by atoms with Gasteiger partial charge in [-0.25, -0.2) is 9.59 Å². The molecule has 25 N–H and O–H groups in total. The number of unbranched alkanes of at least 4 members (excludes halogenated alkanes) is 1. The highest BCUT2D eigenvalue weighted by Gasteiger charge is 2.54. The number of nitrogens with zero attached hydrogens (tertiary/aromatic N) is 1. The van der Waals surface area contributed by atoms with E-state index in [2.05, 4.69) is 37.2 Å². The molecule has 1 unspecified atom stereocenters. The molecule has 139 heavy (non-hydrogen) atoms. The van der Waals surface area contributed by atoms with Crippen molar-refractivity contribution in [3.05, 3.63) is 176 Å². The van der Waals surface area contributed by atoms with Gasteiger partial charge in [-0.3, -0.25) is 43.3 Å². The number of primary amides is 1. The molecule has 7 aromatic rings. The van der Waals surface area contributed by atoms with E-state index in [0.717, 1.165) is 95.4 Å². The Kier molecular flexibility index (Phi) is 33.3. The number of fused-ring (bicyclic) bond motifs is 15. The van der Waals surface area contributed by atoms with E-state index in [1.54, 1.807) is 39.8 Å². The lowest BCUT2D eigenvalue weighted by Gasteiger charge is -2.48. The zero-order valence-electron chi connectivity index (χ0n) is 76.1. The average Bonchev–Trinajstić information content (AvgIpc) is 0.761. The number of nitrogens with two attached hydrogens (primary N) is 4. The van der Waals surface area contributed by atoms with Gasteiger partial charge in [-0.1, -0.05) is 110 Å². The Morgan fingerprint density at radius 1 is 0.647 bits per heavy atom. The molecule has 8 heterocycles. The highest BCUT2D eigenvalue weighted by atomic mass is 35.5. The number of rotatable bonds is 26. The van der Waals surface area contributed by atoms with E-state index in [4.69, 9.17) is 105 Å². The quantitative estimate of drug-likeness (QED) is 0.0204. The molecule has 7 aromatic carbocycles. The summed E-state index contributed by atoms with van der Waals surface area (Å²) in [6.45, 7) is 7.96. The molecule has 0 saturated carbocycles. The van der Waals surface area contributed by atoms with Gasteiger partial charge in [-0.15, -0.1) is 0 Å². The highest BCUT2D eigenvalue weighted by molar-refractivity contribution is 6.32. The van der Waals surface area contributed by atoms with E-state index in [1.165, 1.54) is 26.0 Å². The van der Waals surface area contributed by atoms with Crippen molar-refractivity contribution >= 4 is 94.2 Å². The van der Waals surface area contributed by atoms with Crippen LogP contribution in [0.4, 0.5) is 4.79 Å². The zero-order valence-corrected chi connectivity index (χ0v) is 78.4. The third-order valence-corrected chi connectivity index (χ3v) is 25.8. The summed E-state index contributed by atoms with van der Waals surface area (Å²) in [7, 11) is 1.13. The van der Waals surface area contributed by atoms with E-state index in [-0.39, 0.29) is 43.4 Å². The number of carbonyl (C=O) groups excluding carboxylic acids is 9. The normalized spacial score (nSPS) is 28.1. The Bertz CT molecular complexity index is 5740. The number of aliphatic hydroxyl groups excluding tert-OH is 6. The van der Waals surface area contributed by atoms with Gasteiger partial charge in [0.2, 0.25) is 60.2 Å². The summed E-state index contributed by atoms with van der Waals surface area (Å²) in [6, 6.07) is 11.5. The van der Waals surface area contributed by atoms with Crippen LogP contribution in [0.1, 0.15) is 150 Å². The predicted octanol–water partition coefficient (Wildman–Crippen LogP) is 4.30. The largest absolute Gasteiger partial charge is 0.508 e. The number of hydrogen-bond acceptors (Lipinski definition) is 33. The minimum atomic E-state index is -2.49. The van der Waals surface area contributed by atoms with Gasteiger partial charge in [-0.05, 0) is 165 Å². The van der Waals surface area contributed by atoms with Crippen LogP contribution in [0.5, 0.6) is 46.0 Å². The second-order valence-electron chi connectivity index (χ2n) is 35.9. The number of ether oxygens (including phenoxy) is 10. The van der Waals surface area contributed by atoms with Crippen LogP contribution in [0.25, 0.3) is 22.3 Å². The summed E-state index contributed by atoms with van der Waals surface area (Å²) in [4.78, 5) is 150. The minimum Gasteiger partial charge on any atom is -0.508 e. The minimum absolute atomic E-state index is 0.166. The molecule has 23 atom stereocenters. The molecule has 748 valence electrons. The smallest absolute Gasteiger partial charge is 0.413 e. The number of hydrogen-bond donors (Lipinski definition) is 21. The van der Waals surface area contributed by atoms with Crippen molar-refractivity contribution in [2.45, 2.75) is 232 Å². The number of aromatic hydroxyl groups is 3. The SMILES string of the molecule is CC(C)C[C@H](C(=O)N[C@H]1C(=O)N[C@@H](CC(N)=O)C(=O)N[C@H]2C(=O)N[C@H]3C(=O)N[C@H](C(=O)N[C@H](C(=O)O)c4cc(O)cc(O)c4-c4cc3ccc4O)[C@H](O[C@H]3C[C@](C)(N)[C@@H](O)[C@H](C)O3)c3ccc(c(Cl)c3)Oc3cc2cc(c3OC2O[C@H](CO)[C@@H](O)[C@H](O)[C@H]2O[C@H]2C[C@](C)(NCc3ccc(-c4ccc(Cl)cc4)cc3)[C@@H](O)[C@H](C)O2)Oc2ccc(cc2Cl)[C@H]1O)N(C)C(=O)OCOC(=O)[C@@H](N)CCCCN. The molecule has 0 aromatic heterocycles. The van der Waals surface area contributed by atoms with Crippen molar-refractivity contribution < 1.29 is 146 Å². The zero-order chi connectivity index (χ0) is 101. The lowest BCUT2D eigenvalue weighted by Crippen LogP contribution is -2.65. The van der Waals surface area contributed by atoms with E-state index in [0.29, 0.717) is 24.4 Å². The van der Waals surface area contributed by atoms with E-state index in [9.17, 15) is 70.2 Å². The molecule has 45 heteroatoms. The fourth-order valence-electron chi connectivity index (χ4n) is 17.3. The van der Waals surface area contributed by atoms with Crippen LogP contribution >= 0.6 is 34.8 Å². The Hall–Kier alpha value is -11.9. The average molecular weight is 2000 g/mol. The molecule has 8 amide bonds. The monoisotopic (exact) mass is 1990 g/mol. The first-order chi connectivity index (χ1) is 65.8. The number of benzene rings is 7. The molecule has 11 bridgehead atoms. The van der Waals surface area contributed by atoms with E-state index in [1.807, 2.05) is 36.4 Å². The van der Waals surface area contributed by atoms with Gasteiger partial charge in [0.25, 0.3) is 0 Å². The summed E-state index contributed by atoms with van der Waals surface area (Å²) in [6.07, 6.45) is -24.3. The number of carboxylic acids is 1. The number of halogens is 3. The molecule has 8 aliphatic heterocycles. The molecule has 0 spiro atoms. The van der Waals surface area contributed by atoms with Crippen molar-refractivity contribution in [2.75, 3.05) is 27.0 Å². The first-order valence-electron chi connectivity index (χ1n) is 44.5. The van der Waals surface area contributed by atoms with E-state index >= 15 is 28.8 Å². The maximum Gasteiger partial charge on any atom is 0.413 e. The summed E-state index contributed by atoms with van der Waals surface area (Å²) in [5.74, 6) is -18.7. The first-order valence-corrected chi connectivity index (χ1v) is 45.7. The Labute approximate surface area is 810 Å². The summed E-state index contributed by atoms with van der Waals surface area (Å²) < 4.78 is 63.4. The van der Waals surface area contributed by atoms with E-state index < -0.39 is 308 Å². The summed E-state index contributed by atoms with van der Waals surface area (Å²) in [5, 5.41) is 136. The van der Waals surface area contributed by atoms with Gasteiger partial charge in [0.05, 0.1) is 47.5 Å². The summed E-state index contributed by atoms with van der Waals surface area (Å²) >= 11 is 20.9. The number of likely N-dealkylation sites (N-methyl/N-ethyl adjacent to an activating group) is 1. The van der Waals surface area contributed by atoms with Crippen molar-refractivity contribution in [3.8, 4) is 68.2 Å². The van der Waals surface area contributed by atoms with Crippen LogP contribution < -0.4 is 74.4 Å². The third kappa shape index (κ3) is 24.1. The van der Waals surface area contributed by atoms with Gasteiger partial charge in [-0.2, -0.15) is 0 Å². The van der Waals surface area contributed by atoms with Gasteiger partial charge < -0.3 is 159 Å². The van der Waals surface area contributed by atoms with Crippen LogP contribution in [0.3, 0.4) is 0 Å². The van der Waals surface area contributed by atoms with Crippen LogP contribution in [0, 0.1) is 5.92 Å². The molecule has 3 fully saturated rings. The maximum absolute atomic E-state index is 16.7. The van der Waals surface area contributed by atoms with Crippen molar-refractivity contribution in [3.63, 3.8) is 0 Å². The van der Waals surface area contributed by atoms with Crippen molar-refractivity contribution in [2.24, 2.45) is 28.9 Å². The number of amides is 8. The van der Waals surface area contributed by atoms with Gasteiger partial charge in [0.1, 0.15) is 102 Å². The number of esters is 1. The van der Waals surface area contributed by atoms with Crippen LogP contribution in [0.15, 0.2) is 127 Å². The molecule has 8 aliphatic rings. The molecule has 3 saturated heterocycles. The Morgan fingerprint density at radius 2 is 1.25 bits per heavy atom. The van der Waals surface area contributed by atoms with Crippen LogP contribution in [-0.4, -0.2) is 251 Å². The maximum atomic E-state index is 16.7. The van der Waals surface area contributed by atoms with Gasteiger partial charge in [0, 0.05) is 65.3 Å². The Morgan fingerprint density at radius 3 is 1.87 bits per heavy atom. The standard InChI is InChI=1S/C94H111Cl3N12O30/c1-40(2)26-58(109(7)92(129)131-39-130-90(128)56(99)10-8-9-25-98)84(121)107-73-75(115)47-18-23-61(54(96)28-47)134-63-30-49-31-64(79(63)139-91-80(77(117)76(116)65(38-110)136-91)138-68-36-94(6,82(119)42(4)133-68)102-37-43-11-13-44(14-12-43)45-15-20-50(95)21-16-45)135-62-24-19-48(29-55(62)97)78(137-67-35-93(5,101)81(118)41(3)132-67)74-88(125)106-72(89(126)127)53-32-51(111)33-60(113)69(53)52-27-46(17-22-59(52)112)70(85(122)108-74)105-86(123)71(49)104-83(120)57(34-66(100)114)103-87(73)124/h11-24,27-33,40-42,56-58,65,67-68,70-78,80-82,91,102,110-113,115-119H,8-10,25-26,34-39,98-99,101H2,1-7H3,(H2,100,114)(H,103,124)(H,104,120)(H,105,123)(H,106,125)(H,107,121)(H,108,122)(H,126,127)/t41-,42-,56-,57-,58+,65+,67-,68-,70+,71+,72-,73+,74-,75+,76+,77-,78+,80+,81-,82-,91?,93-,94-/m0/s1. The van der Waals surface area contributed by atoms with Crippen LogP contribution in [0.2, 0.25) is 15.1 Å². The number of aliphatic carboxylic acids is 1. The van der Waals surface area contributed by atoms with Gasteiger partial charge in [0.15, 0.2) is 36.2 Å². The number of aliphatic hydroxyl groups is 6. The molecule has 15 rings (SSSR count). The molecule has 42 nitrogen and oxygen atoms in total. The fraction of sp³-hybridized carbons (Fsp3) is 0.447. The number of carboxylic acid groups (broad SMARTS) is 1.